The average molecular weight is 239 g/mol. The summed E-state index contributed by atoms with van der Waals surface area (Å²) in [5.74, 6) is 1.99. The maximum Gasteiger partial charge on any atom is 0.227 e. The minimum Gasteiger partial charge on any atom is -0.339 e. The molecular weight excluding hydrogens is 222 g/mol. The van der Waals surface area contributed by atoms with E-state index in [2.05, 4.69) is 30.1 Å². The first-order valence-electron chi connectivity index (χ1n) is 5.48. The van der Waals surface area contributed by atoms with Crippen LogP contribution in [0.4, 0.5) is 0 Å². The van der Waals surface area contributed by atoms with Crippen molar-refractivity contribution in [1.29, 1.82) is 5.26 Å². The Hall–Kier alpha value is -1.02. The fourth-order valence-electron chi connectivity index (χ4n) is 1.07. The highest BCUT2D eigenvalue weighted by Gasteiger charge is 2.11. The Balaban J connectivity index is 2.43. The number of nitrogens with zero attached hydrogens (tertiary/aromatic N) is 3. The highest BCUT2D eigenvalue weighted by atomic mass is 32.2. The van der Waals surface area contributed by atoms with Crippen LogP contribution in [0, 0.1) is 17.2 Å². The van der Waals surface area contributed by atoms with Crippen LogP contribution in [-0.4, -0.2) is 15.4 Å². The quantitative estimate of drug-likeness (QED) is 0.763. The first kappa shape index (κ1) is 13.0. The van der Waals surface area contributed by atoms with E-state index in [0.29, 0.717) is 17.6 Å². The van der Waals surface area contributed by atoms with Crippen molar-refractivity contribution in [3.8, 4) is 6.07 Å². The summed E-state index contributed by atoms with van der Waals surface area (Å²) in [7, 11) is 0. The van der Waals surface area contributed by atoms with Gasteiger partial charge in [-0.2, -0.15) is 22.0 Å². The van der Waals surface area contributed by atoms with Crippen LogP contribution in [0.2, 0.25) is 0 Å². The molecule has 1 rings (SSSR count). The van der Waals surface area contributed by atoms with Crippen molar-refractivity contribution in [2.45, 2.75) is 44.6 Å². The molecule has 0 fully saturated rings. The Morgan fingerprint density at radius 2 is 2.25 bits per heavy atom. The smallest absolute Gasteiger partial charge is 0.227 e. The van der Waals surface area contributed by atoms with E-state index in [1.54, 1.807) is 0 Å². The summed E-state index contributed by atoms with van der Waals surface area (Å²) in [6, 6.07) is 2.15. The fourth-order valence-corrected chi connectivity index (χ4v) is 1.86. The van der Waals surface area contributed by atoms with Crippen molar-refractivity contribution < 1.29 is 4.52 Å². The van der Waals surface area contributed by atoms with Gasteiger partial charge >= 0.3 is 0 Å². The standard InChI is InChI=1S/C11H17N3OS/c1-4-9(3)16-7-10-13-11(15-14-10)5-8(2)6-12/h8-9H,4-5,7H2,1-3H3. The molecule has 88 valence electrons. The second kappa shape index (κ2) is 6.54. The molecule has 1 aromatic heterocycles. The van der Waals surface area contributed by atoms with Crippen LogP contribution in [0.5, 0.6) is 0 Å². The molecule has 0 aliphatic heterocycles. The van der Waals surface area contributed by atoms with Gasteiger partial charge in [0.2, 0.25) is 5.89 Å². The molecule has 0 bridgehead atoms. The molecule has 0 radical (unpaired) electrons. The van der Waals surface area contributed by atoms with Gasteiger partial charge in [-0.1, -0.05) is 19.0 Å². The second-order valence-corrected chi connectivity index (χ2v) is 5.30. The Morgan fingerprint density at radius 1 is 1.50 bits per heavy atom. The molecule has 2 atom stereocenters. The van der Waals surface area contributed by atoms with Gasteiger partial charge in [-0.15, -0.1) is 0 Å². The molecule has 0 aliphatic rings. The van der Waals surface area contributed by atoms with Crippen LogP contribution in [0.3, 0.4) is 0 Å². The van der Waals surface area contributed by atoms with Gasteiger partial charge in [0.15, 0.2) is 5.82 Å². The van der Waals surface area contributed by atoms with Gasteiger partial charge < -0.3 is 4.52 Å². The summed E-state index contributed by atoms with van der Waals surface area (Å²) in [6.45, 7) is 6.19. The van der Waals surface area contributed by atoms with Crippen LogP contribution in [0.1, 0.15) is 38.9 Å². The van der Waals surface area contributed by atoms with Crippen LogP contribution >= 0.6 is 11.8 Å². The maximum atomic E-state index is 8.67. The molecule has 0 spiro atoms. The molecule has 0 amide bonds. The Kier molecular flexibility index (Phi) is 5.33. The predicted octanol–water partition coefficient (Wildman–Crippen LogP) is 2.80. The summed E-state index contributed by atoms with van der Waals surface area (Å²) in [6.07, 6.45) is 1.68. The van der Waals surface area contributed by atoms with E-state index in [0.717, 1.165) is 18.0 Å². The van der Waals surface area contributed by atoms with Crippen molar-refractivity contribution in [2.24, 2.45) is 5.92 Å². The highest BCUT2D eigenvalue weighted by molar-refractivity contribution is 7.99. The summed E-state index contributed by atoms with van der Waals surface area (Å²) >= 11 is 1.82. The summed E-state index contributed by atoms with van der Waals surface area (Å²) in [5, 5.41) is 13.2. The molecule has 0 saturated heterocycles. The minimum atomic E-state index is -0.0736. The average Bonchev–Trinajstić information content (AvgIpc) is 2.73. The molecule has 0 aliphatic carbocycles. The van der Waals surface area contributed by atoms with E-state index in [1.165, 1.54) is 0 Å². The second-order valence-electron chi connectivity index (χ2n) is 3.87. The summed E-state index contributed by atoms with van der Waals surface area (Å²) < 4.78 is 5.08. The van der Waals surface area contributed by atoms with Crippen LogP contribution < -0.4 is 0 Å². The summed E-state index contributed by atoms with van der Waals surface area (Å²) in [5.41, 5.74) is 0. The van der Waals surface area contributed by atoms with E-state index >= 15 is 0 Å². The third-order valence-electron chi connectivity index (χ3n) is 2.28. The van der Waals surface area contributed by atoms with E-state index in [-0.39, 0.29) is 5.92 Å². The molecule has 1 aromatic rings. The predicted molar refractivity (Wildman–Crippen MR) is 63.8 cm³/mol. The lowest BCUT2D eigenvalue weighted by atomic mass is 10.1. The van der Waals surface area contributed by atoms with Gasteiger partial charge in [0.05, 0.1) is 17.7 Å². The molecule has 16 heavy (non-hydrogen) atoms. The van der Waals surface area contributed by atoms with E-state index in [4.69, 9.17) is 9.78 Å². The molecule has 5 heteroatoms. The minimum absolute atomic E-state index is 0.0736. The van der Waals surface area contributed by atoms with Gasteiger partial charge in [-0.3, -0.25) is 0 Å². The van der Waals surface area contributed by atoms with Gasteiger partial charge in [-0.25, -0.2) is 0 Å². The van der Waals surface area contributed by atoms with E-state index in [9.17, 15) is 0 Å². The van der Waals surface area contributed by atoms with Gasteiger partial charge in [-0.05, 0) is 13.3 Å². The number of rotatable bonds is 6. The Bertz CT molecular complexity index is 358. The first-order valence-corrected chi connectivity index (χ1v) is 6.53. The van der Waals surface area contributed by atoms with Crippen molar-refractivity contribution >= 4 is 11.8 Å². The van der Waals surface area contributed by atoms with Crippen LogP contribution in [0.25, 0.3) is 0 Å². The van der Waals surface area contributed by atoms with Crippen molar-refractivity contribution in [1.82, 2.24) is 10.1 Å². The normalized spacial score (nSPS) is 14.4. The monoisotopic (exact) mass is 239 g/mol. The number of aromatic nitrogens is 2. The molecule has 1 heterocycles. The van der Waals surface area contributed by atoms with E-state index < -0.39 is 0 Å². The molecule has 4 nitrogen and oxygen atoms in total. The number of nitriles is 1. The third-order valence-corrected chi connectivity index (χ3v) is 3.61. The largest absolute Gasteiger partial charge is 0.339 e. The Morgan fingerprint density at radius 3 is 2.88 bits per heavy atom. The van der Waals surface area contributed by atoms with Crippen LogP contribution in [0.15, 0.2) is 4.52 Å². The third kappa shape index (κ3) is 4.23. The molecule has 2 unspecified atom stereocenters. The van der Waals surface area contributed by atoms with E-state index in [1.807, 2.05) is 18.7 Å². The maximum absolute atomic E-state index is 8.67. The molecule has 0 aromatic carbocycles. The number of hydrogen-bond acceptors (Lipinski definition) is 5. The van der Waals surface area contributed by atoms with Crippen molar-refractivity contribution in [3.05, 3.63) is 11.7 Å². The Labute approximate surface area is 100 Å². The van der Waals surface area contributed by atoms with Gasteiger partial charge in [0.25, 0.3) is 0 Å². The molecular formula is C11H17N3OS. The topological polar surface area (TPSA) is 62.7 Å². The van der Waals surface area contributed by atoms with Crippen molar-refractivity contribution in [3.63, 3.8) is 0 Å². The lowest BCUT2D eigenvalue weighted by molar-refractivity contribution is 0.366. The number of hydrogen-bond donors (Lipinski definition) is 0. The highest BCUT2D eigenvalue weighted by Crippen LogP contribution is 2.18. The SMILES string of the molecule is CCC(C)SCc1noc(CC(C)C#N)n1. The van der Waals surface area contributed by atoms with Crippen LogP contribution in [-0.2, 0) is 12.2 Å². The van der Waals surface area contributed by atoms with Gasteiger partial charge in [0.1, 0.15) is 0 Å². The lowest BCUT2D eigenvalue weighted by Gasteiger charge is -2.04. The zero-order chi connectivity index (χ0) is 12.0. The van der Waals surface area contributed by atoms with Gasteiger partial charge in [0, 0.05) is 11.7 Å². The van der Waals surface area contributed by atoms with Crippen molar-refractivity contribution in [2.75, 3.05) is 0 Å². The summed E-state index contributed by atoms with van der Waals surface area (Å²) in [4.78, 5) is 4.25. The molecule has 0 saturated carbocycles. The zero-order valence-corrected chi connectivity index (χ0v) is 10.8. The zero-order valence-electron chi connectivity index (χ0n) is 9.93. The molecule has 0 N–H and O–H groups in total. The first-order chi connectivity index (χ1) is 7.65. The fraction of sp³-hybridized carbons (Fsp3) is 0.727. The lowest BCUT2D eigenvalue weighted by Crippen LogP contribution is -1.97. The number of thioether (sulfide) groups is 1.